The maximum atomic E-state index is 9.67. The van der Waals surface area contributed by atoms with E-state index in [0.29, 0.717) is 6.61 Å². The third kappa shape index (κ3) is 4.32. The Morgan fingerprint density at radius 1 is 1.41 bits per heavy atom. The van der Waals surface area contributed by atoms with E-state index < -0.39 is 6.10 Å². The number of pyridine rings is 1. The van der Waals surface area contributed by atoms with Gasteiger partial charge in [0.2, 0.25) is 0 Å². The van der Waals surface area contributed by atoms with Crippen LogP contribution in [0.15, 0.2) is 18.3 Å². The van der Waals surface area contributed by atoms with Gasteiger partial charge in [-0.25, -0.2) is 4.98 Å². The van der Waals surface area contributed by atoms with Crippen molar-refractivity contribution in [2.45, 2.75) is 33.0 Å². The second-order valence-electron chi connectivity index (χ2n) is 4.43. The number of aliphatic hydroxyl groups is 1. The molecule has 4 heteroatoms. The zero-order valence-corrected chi connectivity index (χ0v) is 11.1. The Morgan fingerprint density at radius 2 is 2.12 bits per heavy atom. The molecule has 1 atom stereocenters. The van der Waals surface area contributed by atoms with Gasteiger partial charge in [-0.2, -0.15) is 0 Å². The van der Waals surface area contributed by atoms with E-state index in [0.717, 1.165) is 17.9 Å². The smallest absolute Gasteiger partial charge is 0.134 e. The Balaban J connectivity index is 2.65. The summed E-state index contributed by atoms with van der Waals surface area (Å²) in [5, 5.41) is 9.67. The predicted octanol–water partition coefficient (Wildman–Crippen LogP) is 2.00. The van der Waals surface area contributed by atoms with E-state index in [-0.39, 0.29) is 6.10 Å². The van der Waals surface area contributed by atoms with E-state index in [1.807, 2.05) is 37.9 Å². The van der Waals surface area contributed by atoms with Crippen molar-refractivity contribution in [3.05, 3.63) is 23.9 Å². The van der Waals surface area contributed by atoms with Crippen molar-refractivity contribution in [3.8, 4) is 0 Å². The van der Waals surface area contributed by atoms with Crippen molar-refractivity contribution in [1.29, 1.82) is 0 Å². The maximum absolute atomic E-state index is 9.67. The van der Waals surface area contributed by atoms with Gasteiger partial charge in [0, 0.05) is 25.4 Å². The summed E-state index contributed by atoms with van der Waals surface area (Å²) in [5.74, 6) is 0.815. The molecule has 0 amide bonds. The van der Waals surface area contributed by atoms with Crippen LogP contribution in [0.5, 0.6) is 0 Å². The number of nitrogens with zero attached hydrogens (tertiary/aromatic N) is 2. The number of hydrogen-bond acceptors (Lipinski definition) is 4. The van der Waals surface area contributed by atoms with Gasteiger partial charge in [-0.15, -0.1) is 0 Å². The molecule has 1 rings (SSSR count). The van der Waals surface area contributed by atoms with Crippen LogP contribution in [0.4, 0.5) is 5.82 Å². The number of likely N-dealkylation sites (N-methyl/N-ethyl adjacent to an activating group) is 1. The van der Waals surface area contributed by atoms with E-state index in [9.17, 15) is 5.11 Å². The maximum Gasteiger partial charge on any atom is 0.134 e. The third-order valence-corrected chi connectivity index (χ3v) is 2.51. The minimum atomic E-state index is -0.507. The van der Waals surface area contributed by atoms with Gasteiger partial charge in [-0.3, -0.25) is 0 Å². The first-order chi connectivity index (χ1) is 8.02. The van der Waals surface area contributed by atoms with Gasteiger partial charge in [-0.05, 0) is 26.8 Å². The Morgan fingerprint density at radius 3 is 2.71 bits per heavy atom. The van der Waals surface area contributed by atoms with Crippen LogP contribution in [-0.2, 0) is 4.74 Å². The Kier molecular flexibility index (Phi) is 5.38. The number of anilines is 1. The third-order valence-electron chi connectivity index (χ3n) is 2.51. The molecule has 0 aliphatic rings. The SMILES string of the molecule is CC(C)OCCN(C)c1ncccc1[C@@H](C)O. The highest BCUT2D eigenvalue weighted by Gasteiger charge is 2.12. The molecule has 1 aromatic rings. The van der Waals surface area contributed by atoms with Crippen molar-refractivity contribution < 1.29 is 9.84 Å². The van der Waals surface area contributed by atoms with E-state index in [4.69, 9.17) is 4.74 Å². The normalized spacial score (nSPS) is 12.8. The van der Waals surface area contributed by atoms with E-state index >= 15 is 0 Å². The highest BCUT2D eigenvalue weighted by atomic mass is 16.5. The minimum absolute atomic E-state index is 0.239. The molecule has 17 heavy (non-hydrogen) atoms. The van der Waals surface area contributed by atoms with Crippen LogP contribution in [-0.4, -0.2) is 36.4 Å². The Labute approximate surface area is 103 Å². The second-order valence-corrected chi connectivity index (χ2v) is 4.43. The predicted molar refractivity (Wildman–Crippen MR) is 69.2 cm³/mol. The van der Waals surface area contributed by atoms with Gasteiger partial charge in [0.05, 0.1) is 18.8 Å². The molecule has 1 N–H and O–H groups in total. The van der Waals surface area contributed by atoms with Crippen molar-refractivity contribution in [2.24, 2.45) is 0 Å². The Bertz CT molecular complexity index is 340. The molecule has 0 radical (unpaired) electrons. The van der Waals surface area contributed by atoms with E-state index in [1.54, 1.807) is 13.1 Å². The van der Waals surface area contributed by atoms with Crippen molar-refractivity contribution in [1.82, 2.24) is 4.98 Å². The van der Waals surface area contributed by atoms with Gasteiger partial charge in [0.25, 0.3) is 0 Å². The molecular formula is C13H22N2O2. The first kappa shape index (κ1) is 13.9. The average molecular weight is 238 g/mol. The number of aromatic nitrogens is 1. The average Bonchev–Trinajstić information content (AvgIpc) is 2.28. The van der Waals surface area contributed by atoms with Crippen molar-refractivity contribution in [2.75, 3.05) is 25.1 Å². The summed E-state index contributed by atoms with van der Waals surface area (Å²) in [5.41, 5.74) is 0.847. The molecule has 0 aromatic carbocycles. The Hall–Kier alpha value is -1.13. The van der Waals surface area contributed by atoms with Crippen LogP contribution in [0.3, 0.4) is 0 Å². The van der Waals surface area contributed by atoms with Gasteiger partial charge >= 0.3 is 0 Å². The molecule has 0 saturated heterocycles. The summed E-state index contributed by atoms with van der Waals surface area (Å²) < 4.78 is 5.50. The van der Waals surface area contributed by atoms with E-state index in [2.05, 4.69) is 4.98 Å². The standard InChI is InChI=1S/C13H22N2O2/c1-10(2)17-9-8-15(4)13-12(11(3)16)6-5-7-14-13/h5-7,10-11,16H,8-9H2,1-4H3/t11-/m1/s1. The highest BCUT2D eigenvalue weighted by Crippen LogP contribution is 2.22. The number of rotatable bonds is 6. The first-order valence-electron chi connectivity index (χ1n) is 5.98. The highest BCUT2D eigenvalue weighted by molar-refractivity contribution is 5.46. The molecule has 4 nitrogen and oxygen atoms in total. The monoisotopic (exact) mass is 238 g/mol. The van der Waals surface area contributed by atoms with Crippen LogP contribution in [0.2, 0.25) is 0 Å². The van der Waals surface area contributed by atoms with Crippen LogP contribution in [0.1, 0.15) is 32.4 Å². The molecular weight excluding hydrogens is 216 g/mol. The van der Waals surface area contributed by atoms with Gasteiger partial charge in [0.15, 0.2) is 0 Å². The fourth-order valence-corrected chi connectivity index (χ4v) is 1.59. The summed E-state index contributed by atoms with van der Waals surface area (Å²) in [6, 6.07) is 3.73. The van der Waals surface area contributed by atoms with Gasteiger partial charge in [-0.1, -0.05) is 6.07 Å². The molecule has 0 spiro atoms. The largest absolute Gasteiger partial charge is 0.389 e. The lowest BCUT2D eigenvalue weighted by molar-refractivity contribution is 0.0844. The number of aliphatic hydroxyl groups excluding tert-OH is 1. The summed E-state index contributed by atoms with van der Waals surface area (Å²) in [6.07, 6.45) is 1.47. The zero-order valence-electron chi connectivity index (χ0n) is 11.1. The molecule has 1 heterocycles. The van der Waals surface area contributed by atoms with Gasteiger partial charge in [0.1, 0.15) is 5.82 Å². The molecule has 0 aliphatic heterocycles. The molecule has 1 aromatic heterocycles. The molecule has 96 valence electrons. The summed E-state index contributed by atoms with van der Waals surface area (Å²) in [7, 11) is 1.96. The fraction of sp³-hybridized carbons (Fsp3) is 0.615. The molecule has 0 bridgehead atoms. The lowest BCUT2D eigenvalue weighted by Gasteiger charge is -2.22. The minimum Gasteiger partial charge on any atom is -0.389 e. The number of ether oxygens (including phenoxy) is 1. The molecule has 0 unspecified atom stereocenters. The van der Waals surface area contributed by atoms with Crippen LogP contribution in [0, 0.1) is 0 Å². The number of hydrogen-bond donors (Lipinski definition) is 1. The lowest BCUT2D eigenvalue weighted by Crippen LogP contribution is -2.26. The first-order valence-corrected chi connectivity index (χ1v) is 5.98. The second kappa shape index (κ2) is 6.57. The van der Waals surface area contributed by atoms with Crippen LogP contribution >= 0.6 is 0 Å². The summed E-state index contributed by atoms with van der Waals surface area (Å²) in [4.78, 5) is 6.31. The quantitative estimate of drug-likeness (QED) is 0.823. The van der Waals surface area contributed by atoms with Crippen molar-refractivity contribution >= 4 is 5.82 Å². The van der Waals surface area contributed by atoms with Crippen LogP contribution < -0.4 is 4.90 Å². The zero-order chi connectivity index (χ0) is 12.8. The van der Waals surface area contributed by atoms with Gasteiger partial charge < -0.3 is 14.7 Å². The summed E-state index contributed by atoms with van der Waals surface area (Å²) in [6.45, 7) is 7.20. The van der Waals surface area contributed by atoms with Crippen molar-refractivity contribution in [3.63, 3.8) is 0 Å². The topological polar surface area (TPSA) is 45.6 Å². The molecule has 0 fully saturated rings. The van der Waals surface area contributed by atoms with E-state index in [1.165, 1.54) is 0 Å². The molecule has 0 saturated carbocycles. The summed E-state index contributed by atoms with van der Waals surface area (Å²) >= 11 is 0. The van der Waals surface area contributed by atoms with Crippen LogP contribution in [0.25, 0.3) is 0 Å². The lowest BCUT2D eigenvalue weighted by atomic mass is 10.1. The fourth-order valence-electron chi connectivity index (χ4n) is 1.59. The molecule has 0 aliphatic carbocycles.